The first-order valence-corrected chi connectivity index (χ1v) is 9.02. The molecule has 4 rings (SSSR count). The van der Waals surface area contributed by atoms with Crippen LogP contribution in [0, 0.1) is 0 Å². The smallest absolute Gasteiger partial charge is 0.325 e. The van der Waals surface area contributed by atoms with E-state index >= 15 is 0 Å². The summed E-state index contributed by atoms with van der Waals surface area (Å²) in [7, 11) is 2.08. The van der Waals surface area contributed by atoms with Crippen LogP contribution >= 0.6 is 11.3 Å². The summed E-state index contributed by atoms with van der Waals surface area (Å²) in [4.78, 5) is 16.3. The third-order valence-corrected chi connectivity index (χ3v) is 6.01. The van der Waals surface area contributed by atoms with E-state index in [0.717, 1.165) is 37.1 Å². The lowest BCUT2D eigenvalue weighted by Gasteiger charge is -2.36. The molecule has 0 spiro atoms. The maximum absolute atomic E-state index is 12.0. The van der Waals surface area contributed by atoms with Crippen LogP contribution in [-0.2, 0) is 4.79 Å². The molecule has 24 heavy (non-hydrogen) atoms. The second kappa shape index (κ2) is 6.16. The number of hydrogen-bond donors (Lipinski definition) is 1. The van der Waals surface area contributed by atoms with Gasteiger partial charge in [0, 0.05) is 46.4 Å². The normalized spacial score (nSPS) is 18.2. The zero-order chi connectivity index (χ0) is 16.7. The van der Waals surface area contributed by atoms with Crippen molar-refractivity contribution in [3.8, 4) is 0 Å². The number of fused-ring (bicyclic) bond motifs is 3. The van der Waals surface area contributed by atoms with Gasteiger partial charge < -0.3 is 10.0 Å². The highest BCUT2D eigenvalue weighted by molar-refractivity contribution is 7.25. The van der Waals surface area contributed by atoms with Crippen molar-refractivity contribution < 1.29 is 9.90 Å². The van der Waals surface area contributed by atoms with Crippen LogP contribution in [0.25, 0.3) is 20.2 Å². The Morgan fingerprint density at radius 3 is 2.50 bits per heavy atom. The van der Waals surface area contributed by atoms with Gasteiger partial charge in [0.25, 0.3) is 0 Å². The molecule has 1 atom stereocenters. The first kappa shape index (κ1) is 15.6. The highest BCUT2D eigenvalue weighted by atomic mass is 32.1. The molecule has 1 saturated heterocycles. The number of nitrogens with zero attached hydrogens (tertiary/aromatic N) is 2. The van der Waals surface area contributed by atoms with Crippen LogP contribution in [0.5, 0.6) is 0 Å². The largest absolute Gasteiger partial charge is 0.480 e. The van der Waals surface area contributed by atoms with Crippen molar-refractivity contribution in [3.05, 3.63) is 48.0 Å². The molecule has 3 aromatic rings. The van der Waals surface area contributed by atoms with Crippen LogP contribution in [0.3, 0.4) is 0 Å². The van der Waals surface area contributed by atoms with E-state index < -0.39 is 12.0 Å². The fourth-order valence-corrected chi connectivity index (χ4v) is 4.59. The molecule has 0 saturated carbocycles. The van der Waals surface area contributed by atoms with Gasteiger partial charge in [-0.2, -0.15) is 0 Å². The van der Waals surface area contributed by atoms with E-state index in [1.807, 2.05) is 18.2 Å². The Balaban J connectivity index is 1.77. The topological polar surface area (TPSA) is 43.8 Å². The Morgan fingerprint density at radius 1 is 1.04 bits per heavy atom. The Hall–Kier alpha value is -1.95. The van der Waals surface area contributed by atoms with E-state index in [2.05, 4.69) is 41.1 Å². The Bertz CT molecular complexity index is 897. The van der Waals surface area contributed by atoms with Crippen molar-refractivity contribution in [1.82, 2.24) is 9.80 Å². The van der Waals surface area contributed by atoms with Gasteiger partial charge in [-0.25, -0.2) is 0 Å². The molecule has 1 fully saturated rings. The lowest BCUT2D eigenvalue weighted by atomic mass is 10.0. The van der Waals surface area contributed by atoms with Gasteiger partial charge in [-0.05, 0) is 30.8 Å². The number of carbonyl (C=O) groups is 1. The summed E-state index contributed by atoms with van der Waals surface area (Å²) >= 11 is 1.76. The molecular formula is C19H20N2O2S. The van der Waals surface area contributed by atoms with E-state index in [1.165, 1.54) is 14.8 Å². The second-order valence-electron chi connectivity index (χ2n) is 6.43. The summed E-state index contributed by atoms with van der Waals surface area (Å²) in [5.41, 5.74) is 0.878. The fraction of sp³-hybridized carbons (Fsp3) is 0.316. The molecular weight excluding hydrogens is 320 g/mol. The minimum atomic E-state index is -0.765. The molecule has 124 valence electrons. The minimum Gasteiger partial charge on any atom is -0.480 e. The van der Waals surface area contributed by atoms with E-state index in [4.69, 9.17) is 0 Å². The molecule has 5 heteroatoms. The highest BCUT2D eigenvalue weighted by Crippen LogP contribution is 2.36. The van der Waals surface area contributed by atoms with E-state index in [0.29, 0.717) is 0 Å². The van der Waals surface area contributed by atoms with Gasteiger partial charge in [-0.15, -0.1) is 11.3 Å². The highest BCUT2D eigenvalue weighted by Gasteiger charge is 2.29. The van der Waals surface area contributed by atoms with E-state index in [9.17, 15) is 9.90 Å². The summed E-state index contributed by atoms with van der Waals surface area (Å²) in [6.45, 7) is 3.40. The maximum Gasteiger partial charge on any atom is 0.325 e. The number of piperazine rings is 1. The Labute approximate surface area is 144 Å². The van der Waals surface area contributed by atoms with E-state index in [-0.39, 0.29) is 0 Å². The number of hydrogen-bond acceptors (Lipinski definition) is 4. The van der Waals surface area contributed by atoms with Crippen LogP contribution in [0.1, 0.15) is 11.6 Å². The number of carboxylic acids is 1. The molecule has 0 bridgehead atoms. The number of rotatable bonds is 3. The van der Waals surface area contributed by atoms with Crippen molar-refractivity contribution in [3.63, 3.8) is 0 Å². The molecule has 1 unspecified atom stereocenters. The van der Waals surface area contributed by atoms with Crippen molar-refractivity contribution in [2.75, 3.05) is 33.2 Å². The summed E-state index contributed by atoms with van der Waals surface area (Å²) < 4.78 is 2.46. The van der Waals surface area contributed by atoms with Crippen molar-refractivity contribution in [1.29, 1.82) is 0 Å². The van der Waals surface area contributed by atoms with Gasteiger partial charge in [0.2, 0.25) is 0 Å². The minimum absolute atomic E-state index is 0.568. The van der Waals surface area contributed by atoms with Crippen LogP contribution in [0.15, 0.2) is 42.5 Å². The molecule has 1 aromatic heterocycles. The van der Waals surface area contributed by atoms with Crippen LogP contribution in [-0.4, -0.2) is 54.1 Å². The lowest BCUT2D eigenvalue weighted by Crippen LogP contribution is -2.47. The molecule has 0 amide bonds. The molecule has 0 radical (unpaired) electrons. The molecule has 0 aliphatic carbocycles. The monoisotopic (exact) mass is 340 g/mol. The zero-order valence-corrected chi connectivity index (χ0v) is 14.4. The van der Waals surface area contributed by atoms with Gasteiger partial charge in [-0.3, -0.25) is 9.69 Å². The summed E-state index contributed by atoms with van der Waals surface area (Å²) in [5.74, 6) is -0.765. The third kappa shape index (κ3) is 2.69. The molecule has 1 N–H and O–H groups in total. The maximum atomic E-state index is 12.0. The second-order valence-corrected chi connectivity index (χ2v) is 7.52. The summed E-state index contributed by atoms with van der Waals surface area (Å²) in [5, 5.41) is 12.2. The number of aliphatic carboxylic acids is 1. The van der Waals surface area contributed by atoms with Crippen LogP contribution in [0.2, 0.25) is 0 Å². The van der Waals surface area contributed by atoms with Crippen molar-refractivity contribution in [2.45, 2.75) is 6.04 Å². The number of benzene rings is 2. The molecule has 2 heterocycles. The van der Waals surface area contributed by atoms with Gasteiger partial charge in [0.1, 0.15) is 6.04 Å². The predicted molar refractivity (Wildman–Crippen MR) is 98.8 cm³/mol. The predicted octanol–water partition coefficient (Wildman–Crippen LogP) is 3.43. The Morgan fingerprint density at radius 2 is 1.75 bits per heavy atom. The lowest BCUT2D eigenvalue weighted by molar-refractivity contribution is -0.144. The third-order valence-electron chi connectivity index (χ3n) is 4.85. The van der Waals surface area contributed by atoms with Crippen LogP contribution in [0.4, 0.5) is 0 Å². The summed E-state index contributed by atoms with van der Waals surface area (Å²) in [6, 6.07) is 13.9. The first-order valence-electron chi connectivity index (χ1n) is 8.20. The number of likely N-dealkylation sites (N-methyl/N-ethyl adjacent to an activating group) is 1. The van der Waals surface area contributed by atoms with Gasteiger partial charge in [-0.1, -0.05) is 24.3 Å². The standard InChI is InChI=1S/C19H20N2O2S/c1-20-8-10-21(11-9-20)18(19(22)23)13-6-7-17-15(12-13)14-4-2-3-5-16(14)24-17/h2-7,12,18H,8-11H2,1H3,(H,22,23). The van der Waals surface area contributed by atoms with Crippen molar-refractivity contribution in [2.24, 2.45) is 0 Å². The Kier molecular flexibility index (Phi) is 4.00. The fourth-order valence-electron chi connectivity index (χ4n) is 3.50. The van der Waals surface area contributed by atoms with Gasteiger partial charge in [0.05, 0.1) is 0 Å². The average molecular weight is 340 g/mol. The molecule has 1 aliphatic heterocycles. The SMILES string of the molecule is CN1CCN(C(C(=O)O)c2ccc3sc4ccccc4c3c2)CC1. The first-order chi connectivity index (χ1) is 11.6. The number of carboxylic acid groups (broad SMARTS) is 1. The number of thiophene rings is 1. The molecule has 2 aromatic carbocycles. The van der Waals surface area contributed by atoms with Crippen LogP contribution < -0.4 is 0 Å². The average Bonchev–Trinajstić information content (AvgIpc) is 2.95. The quantitative estimate of drug-likeness (QED) is 0.793. The molecule has 1 aliphatic rings. The summed E-state index contributed by atoms with van der Waals surface area (Å²) in [6.07, 6.45) is 0. The van der Waals surface area contributed by atoms with Gasteiger partial charge >= 0.3 is 5.97 Å². The zero-order valence-electron chi connectivity index (χ0n) is 13.6. The molecule has 4 nitrogen and oxygen atoms in total. The van der Waals surface area contributed by atoms with E-state index in [1.54, 1.807) is 11.3 Å². The van der Waals surface area contributed by atoms with Gasteiger partial charge in [0.15, 0.2) is 0 Å². The van der Waals surface area contributed by atoms with Crippen molar-refractivity contribution >= 4 is 37.5 Å².